The highest BCUT2D eigenvalue weighted by molar-refractivity contribution is 7.89. The van der Waals surface area contributed by atoms with Gasteiger partial charge in [-0.15, -0.1) is 0 Å². The zero-order valence-corrected chi connectivity index (χ0v) is 21.0. The minimum Gasteiger partial charge on any atom is -0.493 e. The third-order valence-corrected chi connectivity index (χ3v) is 7.58. The highest BCUT2D eigenvalue weighted by atomic mass is 32.2. The van der Waals surface area contributed by atoms with Crippen LogP contribution in [-0.2, 0) is 21.3 Å². The fourth-order valence-corrected chi connectivity index (χ4v) is 5.29. The maximum Gasteiger partial charge on any atom is 0.253 e. The number of fused-ring (bicyclic) bond motifs is 1. The normalized spacial score (nSPS) is 15.9. The van der Waals surface area contributed by atoms with Crippen LogP contribution < -0.4 is 9.46 Å². The molecule has 1 saturated heterocycles. The summed E-state index contributed by atoms with van der Waals surface area (Å²) in [7, 11) is -1.93. The van der Waals surface area contributed by atoms with E-state index < -0.39 is 10.0 Å². The van der Waals surface area contributed by atoms with Gasteiger partial charge in [0.15, 0.2) is 0 Å². The van der Waals surface area contributed by atoms with Crippen LogP contribution in [0.2, 0.25) is 0 Å². The zero-order chi connectivity index (χ0) is 24.8. The van der Waals surface area contributed by atoms with Crippen LogP contribution in [0.15, 0.2) is 65.6 Å². The predicted octanol–water partition coefficient (Wildman–Crippen LogP) is 4.36. The van der Waals surface area contributed by atoms with Gasteiger partial charge in [-0.05, 0) is 60.4 Å². The summed E-state index contributed by atoms with van der Waals surface area (Å²) in [6.45, 7) is 3.93. The van der Waals surface area contributed by atoms with Crippen LogP contribution in [0.25, 0.3) is 10.8 Å². The van der Waals surface area contributed by atoms with Crippen molar-refractivity contribution in [1.82, 2.24) is 9.62 Å². The summed E-state index contributed by atoms with van der Waals surface area (Å²) in [5, 5.41) is 2.12. The van der Waals surface area contributed by atoms with Crippen LogP contribution in [-0.4, -0.2) is 52.1 Å². The summed E-state index contributed by atoms with van der Waals surface area (Å²) >= 11 is 0. The van der Waals surface area contributed by atoms with E-state index in [4.69, 9.17) is 9.47 Å². The van der Waals surface area contributed by atoms with Crippen LogP contribution >= 0.6 is 0 Å². The molecule has 4 rings (SSSR count). The van der Waals surface area contributed by atoms with E-state index in [9.17, 15) is 13.2 Å². The average Bonchev–Trinajstić information content (AvgIpc) is 3.40. The van der Waals surface area contributed by atoms with E-state index >= 15 is 0 Å². The number of hydrogen-bond acceptors (Lipinski definition) is 5. The molecule has 1 fully saturated rings. The minimum atomic E-state index is -3.67. The molecule has 8 heteroatoms. The van der Waals surface area contributed by atoms with Gasteiger partial charge in [0.1, 0.15) is 5.75 Å². The second kappa shape index (κ2) is 11.2. The smallest absolute Gasteiger partial charge is 0.253 e. The number of rotatable bonds is 10. The SMILES string of the molecule is CCCOc1ccc2ccccc2c1CN(C)C(=O)c1ccc(S(=O)(=O)NCC2CCCO2)cc1. The lowest BCUT2D eigenvalue weighted by Gasteiger charge is -2.21. The van der Waals surface area contributed by atoms with E-state index in [2.05, 4.69) is 11.6 Å². The Labute approximate surface area is 207 Å². The number of sulfonamides is 1. The summed E-state index contributed by atoms with van der Waals surface area (Å²) in [5.41, 5.74) is 1.37. The van der Waals surface area contributed by atoms with Crippen molar-refractivity contribution in [2.24, 2.45) is 0 Å². The third-order valence-electron chi connectivity index (χ3n) is 6.14. The minimum absolute atomic E-state index is 0.0838. The summed E-state index contributed by atoms with van der Waals surface area (Å²) in [6.07, 6.45) is 2.60. The Balaban J connectivity index is 1.48. The van der Waals surface area contributed by atoms with Gasteiger partial charge in [0.25, 0.3) is 5.91 Å². The first-order valence-corrected chi connectivity index (χ1v) is 13.5. The van der Waals surface area contributed by atoms with Crippen molar-refractivity contribution >= 4 is 26.7 Å². The summed E-state index contributed by atoms with van der Waals surface area (Å²) in [6, 6.07) is 18.0. The monoisotopic (exact) mass is 496 g/mol. The Hall–Kier alpha value is -2.94. The second-order valence-electron chi connectivity index (χ2n) is 8.78. The van der Waals surface area contributed by atoms with Gasteiger partial charge >= 0.3 is 0 Å². The van der Waals surface area contributed by atoms with Gasteiger partial charge in [0.05, 0.1) is 17.6 Å². The van der Waals surface area contributed by atoms with Gasteiger partial charge in [-0.25, -0.2) is 13.1 Å². The molecule has 0 spiro atoms. The van der Waals surface area contributed by atoms with Crippen LogP contribution in [0.4, 0.5) is 0 Å². The first-order chi connectivity index (χ1) is 16.9. The van der Waals surface area contributed by atoms with Gasteiger partial charge in [-0.2, -0.15) is 0 Å². The first-order valence-electron chi connectivity index (χ1n) is 12.0. The Kier molecular flexibility index (Phi) is 8.05. The van der Waals surface area contributed by atoms with Crippen LogP contribution in [0.1, 0.15) is 42.1 Å². The number of hydrogen-bond donors (Lipinski definition) is 1. The van der Waals surface area contributed by atoms with Crippen molar-refractivity contribution in [3.05, 3.63) is 71.8 Å². The van der Waals surface area contributed by atoms with Crippen LogP contribution in [0.5, 0.6) is 5.75 Å². The summed E-state index contributed by atoms with van der Waals surface area (Å²) in [5.74, 6) is 0.569. The van der Waals surface area contributed by atoms with Crippen LogP contribution in [0.3, 0.4) is 0 Å². The largest absolute Gasteiger partial charge is 0.493 e. The van der Waals surface area contributed by atoms with Crippen molar-refractivity contribution < 1.29 is 22.7 Å². The highest BCUT2D eigenvalue weighted by Crippen LogP contribution is 2.30. The lowest BCUT2D eigenvalue weighted by Crippen LogP contribution is -2.32. The molecule has 35 heavy (non-hydrogen) atoms. The molecular formula is C27H32N2O5S. The molecule has 0 aromatic heterocycles. The third kappa shape index (κ3) is 6.01. The van der Waals surface area contributed by atoms with Gasteiger partial charge in [-0.1, -0.05) is 37.3 Å². The molecule has 1 aliphatic rings. The molecule has 1 atom stereocenters. The number of benzene rings is 3. The van der Waals surface area contributed by atoms with E-state index in [1.807, 2.05) is 36.4 Å². The van der Waals surface area contributed by atoms with Crippen molar-refractivity contribution in [3.8, 4) is 5.75 Å². The molecule has 0 bridgehead atoms. The topological polar surface area (TPSA) is 84.9 Å². The van der Waals surface area contributed by atoms with Crippen LogP contribution in [0, 0.1) is 0 Å². The van der Waals surface area contributed by atoms with Crippen molar-refractivity contribution in [2.75, 3.05) is 26.8 Å². The second-order valence-corrected chi connectivity index (χ2v) is 10.6. The molecule has 0 radical (unpaired) electrons. The molecule has 1 aliphatic heterocycles. The molecule has 3 aromatic carbocycles. The summed E-state index contributed by atoms with van der Waals surface area (Å²) < 4.78 is 39.3. The number of nitrogens with zero attached hydrogens (tertiary/aromatic N) is 1. The molecule has 1 unspecified atom stereocenters. The molecular weight excluding hydrogens is 464 g/mol. The predicted molar refractivity (Wildman–Crippen MR) is 136 cm³/mol. The average molecular weight is 497 g/mol. The standard InChI is InChI=1S/C27H32N2O5S/c1-3-16-34-26-15-12-20-7-4-5-9-24(20)25(26)19-29(2)27(30)21-10-13-23(14-11-21)35(31,32)28-18-22-8-6-17-33-22/h4-5,7,9-15,22,28H,3,6,8,16-19H2,1-2H3. The molecule has 0 saturated carbocycles. The summed E-state index contributed by atoms with van der Waals surface area (Å²) in [4.78, 5) is 14.9. The van der Waals surface area contributed by atoms with Gasteiger partial charge in [-0.3, -0.25) is 4.79 Å². The molecule has 3 aromatic rings. The highest BCUT2D eigenvalue weighted by Gasteiger charge is 2.21. The number of carbonyl (C=O) groups excluding carboxylic acids is 1. The van der Waals surface area contributed by atoms with E-state index in [0.29, 0.717) is 25.3 Å². The van der Waals surface area contributed by atoms with E-state index in [1.54, 1.807) is 24.1 Å². The van der Waals surface area contributed by atoms with Gasteiger partial charge in [0.2, 0.25) is 10.0 Å². The lowest BCUT2D eigenvalue weighted by molar-refractivity contribution is 0.0784. The van der Waals surface area contributed by atoms with Gasteiger partial charge in [0, 0.05) is 37.9 Å². The molecule has 186 valence electrons. The molecule has 7 nitrogen and oxygen atoms in total. The number of amides is 1. The Bertz CT molecular complexity index is 1270. The van der Waals surface area contributed by atoms with Crippen molar-refractivity contribution in [3.63, 3.8) is 0 Å². The van der Waals surface area contributed by atoms with E-state index in [1.165, 1.54) is 12.1 Å². The number of nitrogens with one attached hydrogen (secondary N) is 1. The van der Waals surface area contributed by atoms with Crippen molar-refractivity contribution in [2.45, 2.75) is 43.7 Å². The van der Waals surface area contributed by atoms with Crippen molar-refractivity contribution in [1.29, 1.82) is 0 Å². The number of ether oxygens (including phenoxy) is 2. The molecule has 1 amide bonds. The molecule has 1 heterocycles. The Morgan fingerprint density at radius 3 is 2.60 bits per heavy atom. The molecule has 1 N–H and O–H groups in total. The zero-order valence-electron chi connectivity index (χ0n) is 20.2. The maximum absolute atomic E-state index is 13.2. The fourth-order valence-electron chi connectivity index (χ4n) is 4.22. The quantitative estimate of drug-likeness (QED) is 0.451. The first kappa shape index (κ1) is 25.2. The molecule has 0 aliphatic carbocycles. The lowest BCUT2D eigenvalue weighted by atomic mass is 10.0. The van der Waals surface area contributed by atoms with E-state index in [-0.39, 0.29) is 23.5 Å². The maximum atomic E-state index is 13.2. The Morgan fingerprint density at radius 2 is 1.89 bits per heavy atom. The number of carbonyl (C=O) groups is 1. The van der Waals surface area contributed by atoms with E-state index in [0.717, 1.165) is 41.3 Å². The van der Waals surface area contributed by atoms with Gasteiger partial charge < -0.3 is 14.4 Å². The fraction of sp³-hybridized carbons (Fsp3) is 0.370. The Morgan fingerprint density at radius 1 is 1.11 bits per heavy atom.